The van der Waals surface area contributed by atoms with Gasteiger partial charge in [-0.1, -0.05) is 6.07 Å². The molecule has 0 bridgehead atoms. The third kappa shape index (κ3) is 3.45. The molecule has 0 amide bonds. The molecule has 2 heterocycles. The number of ether oxygens (including phenoxy) is 2. The quantitative estimate of drug-likeness (QED) is 0.617. The molecule has 0 spiro atoms. The first-order chi connectivity index (χ1) is 12.6. The summed E-state index contributed by atoms with van der Waals surface area (Å²) >= 11 is 7.17. The number of carbonyl (C=O) groups is 1. The fourth-order valence-corrected chi connectivity index (χ4v) is 4.10. The van der Waals surface area contributed by atoms with E-state index in [1.807, 2.05) is 60.5 Å². The van der Waals surface area contributed by atoms with Gasteiger partial charge in [-0.3, -0.25) is 4.90 Å². The molecule has 1 atom stereocenters. The number of carbonyl (C=O) groups excluding carboxylic acids is 1. The Labute approximate surface area is 162 Å². The summed E-state index contributed by atoms with van der Waals surface area (Å²) in [6.45, 7) is 4.44. The van der Waals surface area contributed by atoms with Gasteiger partial charge in [0.25, 0.3) is 0 Å². The largest absolute Gasteiger partial charge is 0.494 e. The second kappa shape index (κ2) is 7.88. The molecule has 0 saturated carbocycles. The van der Waals surface area contributed by atoms with Crippen molar-refractivity contribution in [3.05, 3.63) is 57.9 Å². The molecule has 26 heavy (non-hydrogen) atoms. The molecular weight excluding hydrogens is 368 g/mol. The van der Waals surface area contributed by atoms with Gasteiger partial charge >= 0.3 is 5.97 Å². The Kier molecular flexibility index (Phi) is 5.58. The van der Waals surface area contributed by atoms with Crippen LogP contribution < -0.4 is 15.0 Å². The fourth-order valence-electron chi connectivity index (χ4n) is 2.96. The van der Waals surface area contributed by atoms with E-state index in [4.69, 9.17) is 21.7 Å². The summed E-state index contributed by atoms with van der Waals surface area (Å²) < 4.78 is 10.5. The van der Waals surface area contributed by atoms with Crippen molar-refractivity contribution in [2.75, 3.05) is 18.6 Å². The van der Waals surface area contributed by atoms with Gasteiger partial charge in [0.05, 0.1) is 25.3 Å². The highest BCUT2D eigenvalue weighted by molar-refractivity contribution is 7.80. The van der Waals surface area contributed by atoms with E-state index in [1.54, 1.807) is 11.3 Å². The SMILES string of the molecule is CCOc1ccc(N2C(=S)N[C@H](c3cccs3)C(C(=O)OC)=C2C)cc1. The van der Waals surface area contributed by atoms with E-state index in [0.29, 0.717) is 17.3 Å². The van der Waals surface area contributed by atoms with E-state index >= 15 is 0 Å². The summed E-state index contributed by atoms with van der Waals surface area (Å²) in [4.78, 5) is 15.4. The summed E-state index contributed by atoms with van der Waals surface area (Å²) in [5, 5.41) is 5.80. The predicted octanol–water partition coefficient (Wildman–Crippen LogP) is 4.03. The zero-order chi connectivity index (χ0) is 18.7. The number of hydrogen-bond donors (Lipinski definition) is 1. The third-order valence-corrected chi connectivity index (χ3v) is 5.36. The second-order valence-electron chi connectivity index (χ2n) is 5.65. The molecular formula is C19H20N2O3S2. The maximum atomic E-state index is 12.5. The number of allylic oxidation sites excluding steroid dienone is 1. The number of thiocarbonyl (C=S) groups is 1. The van der Waals surface area contributed by atoms with Crippen molar-refractivity contribution in [3.63, 3.8) is 0 Å². The van der Waals surface area contributed by atoms with Crippen LogP contribution in [0, 0.1) is 0 Å². The minimum Gasteiger partial charge on any atom is -0.494 e. The van der Waals surface area contributed by atoms with Crippen LogP contribution in [0.5, 0.6) is 5.75 Å². The lowest BCUT2D eigenvalue weighted by Crippen LogP contribution is -2.47. The van der Waals surface area contributed by atoms with E-state index in [9.17, 15) is 4.79 Å². The smallest absolute Gasteiger partial charge is 0.338 e. The third-order valence-electron chi connectivity index (χ3n) is 4.12. The molecule has 0 radical (unpaired) electrons. The summed E-state index contributed by atoms with van der Waals surface area (Å²) in [6.07, 6.45) is 0. The van der Waals surface area contributed by atoms with E-state index in [-0.39, 0.29) is 12.0 Å². The van der Waals surface area contributed by atoms with E-state index < -0.39 is 0 Å². The maximum Gasteiger partial charge on any atom is 0.338 e. The number of hydrogen-bond acceptors (Lipinski definition) is 5. The van der Waals surface area contributed by atoms with Crippen molar-refractivity contribution < 1.29 is 14.3 Å². The molecule has 136 valence electrons. The minimum atomic E-state index is -0.369. The number of nitrogens with zero attached hydrogens (tertiary/aromatic N) is 1. The molecule has 1 aliphatic heterocycles. The Bertz CT molecular complexity index is 829. The first-order valence-electron chi connectivity index (χ1n) is 8.22. The first-order valence-corrected chi connectivity index (χ1v) is 9.51. The molecule has 0 fully saturated rings. The second-order valence-corrected chi connectivity index (χ2v) is 7.02. The average Bonchev–Trinajstić information content (AvgIpc) is 3.17. The van der Waals surface area contributed by atoms with Gasteiger partial charge in [-0.15, -0.1) is 11.3 Å². The lowest BCUT2D eigenvalue weighted by molar-refractivity contribution is -0.136. The summed E-state index contributed by atoms with van der Waals surface area (Å²) in [6, 6.07) is 11.2. The highest BCUT2D eigenvalue weighted by atomic mass is 32.1. The Hall–Kier alpha value is -2.38. The van der Waals surface area contributed by atoms with Crippen molar-refractivity contribution in [2.45, 2.75) is 19.9 Å². The molecule has 5 nitrogen and oxygen atoms in total. The standard InChI is InChI=1S/C19H20N2O3S2/c1-4-24-14-9-7-13(8-10-14)21-12(2)16(18(22)23-3)17(20-19(21)25)15-6-5-11-26-15/h5-11,17H,4H2,1-3H3,(H,20,25)/t17-/m1/s1. The van der Waals surface area contributed by atoms with Crippen molar-refractivity contribution >= 4 is 40.3 Å². The molecule has 1 aromatic heterocycles. The Morgan fingerprint density at radius 1 is 1.31 bits per heavy atom. The van der Waals surface area contributed by atoms with Crippen LogP contribution in [-0.4, -0.2) is 24.8 Å². The van der Waals surface area contributed by atoms with Crippen LogP contribution in [0.3, 0.4) is 0 Å². The van der Waals surface area contributed by atoms with E-state index in [1.165, 1.54) is 7.11 Å². The maximum absolute atomic E-state index is 12.5. The molecule has 0 unspecified atom stereocenters. The number of benzene rings is 1. The zero-order valence-electron chi connectivity index (χ0n) is 14.8. The van der Waals surface area contributed by atoms with Crippen molar-refractivity contribution in [3.8, 4) is 5.75 Å². The van der Waals surface area contributed by atoms with Crippen LogP contribution in [0.25, 0.3) is 0 Å². The average molecular weight is 389 g/mol. The van der Waals surface area contributed by atoms with Gasteiger partial charge in [-0.05, 0) is 61.8 Å². The lowest BCUT2D eigenvalue weighted by atomic mass is 10.0. The predicted molar refractivity (Wildman–Crippen MR) is 108 cm³/mol. The molecule has 0 saturated heterocycles. The van der Waals surface area contributed by atoms with Crippen molar-refractivity contribution in [1.29, 1.82) is 0 Å². The Balaban J connectivity index is 2.04. The minimum absolute atomic E-state index is 0.311. The molecule has 2 aromatic rings. The number of nitrogens with one attached hydrogen (secondary N) is 1. The van der Waals surface area contributed by atoms with Crippen LogP contribution >= 0.6 is 23.6 Å². The van der Waals surface area contributed by atoms with Gasteiger partial charge in [-0.2, -0.15) is 0 Å². The molecule has 1 N–H and O–H groups in total. The van der Waals surface area contributed by atoms with Crippen LogP contribution in [-0.2, 0) is 9.53 Å². The van der Waals surface area contributed by atoms with Gasteiger partial charge in [0.15, 0.2) is 5.11 Å². The number of anilines is 1. The highest BCUT2D eigenvalue weighted by Crippen LogP contribution is 2.36. The fraction of sp³-hybridized carbons (Fsp3) is 0.263. The van der Waals surface area contributed by atoms with Gasteiger partial charge in [0.2, 0.25) is 0 Å². The number of thiophene rings is 1. The molecule has 0 aliphatic carbocycles. The summed E-state index contributed by atoms with van der Waals surface area (Å²) in [5.74, 6) is 0.422. The van der Waals surface area contributed by atoms with Crippen LogP contribution in [0.4, 0.5) is 5.69 Å². The number of rotatable bonds is 5. The van der Waals surface area contributed by atoms with Gasteiger partial charge in [0, 0.05) is 16.3 Å². The van der Waals surface area contributed by atoms with Crippen molar-refractivity contribution in [2.24, 2.45) is 0 Å². The first kappa shape index (κ1) is 18.4. The highest BCUT2D eigenvalue weighted by Gasteiger charge is 2.35. The van der Waals surface area contributed by atoms with Gasteiger partial charge < -0.3 is 14.8 Å². The summed E-state index contributed by atoms with van der Waals surface area (Å²) in [5.41, 5.74) is 2.16. The number of esters is 1. The molecule has 1 aliphatic rings. The van der Waals surface area contributed by atoms with Crippen molar-refractivity contribution in [1.82, 2.24) is 5.32 Å². The van der Waals surface area contributed by atoms with Crippen LogP contribution in [0.2, 0.25) is 0 Å². The van der Waals surface area contributed by atoms with E-state index in [2.05, 4.69) is 5.32 Å². The number of methoxy groups -OCH3 is 1. The monoisotopic (exact) mass is 388 g/mol. The van der Waals surface area contributed by atoms with Crippen LogP contribution in [0.15, 0.2) is 53.0 Å². The van der Waals surface area contributed by atoms with Crippen LogP contribution in [0.1, 0.15) is 24.8 Å². The molecule has 7 heteroatoms. The van der Waals surface area contributed by atoms with Gasteiger partial charge in [-0.25, -0.2) is 4.79 Å². The zero-order valence-corrected chi connectivity index (χ0v) is 16.4. The summed E-state index contributed by atoms with van der Waals surface area (Å²) in [7, 11) is 1.39. The Morgan fingerprint density at radius 3 is 2.62 bits per heavy atom. The molecule has 3 rings (SSSR count). The molecule has 1 aromatic carbocycles. The Morgan fingerprint density at radius 2 is 2.04 bits per heavy atom. The normalized spacial score (nSPS) is 17.1. The topological polar surface area (TPSA) is 50.8 Å². The lowest BCUT2D eigenvalue weighted by Gasteiger charge is -2.37. The van der Waals surface area contributed by atoms with E-state index in [0.717, 1.165) is 22.0 Å². The van der Waals surface area contributed by atoms with Gasteiger partial charge in [0.1, 0.15) is 5.75 Å².